The predicted molar refractivity (Wildman–Crippen MR) is 74.0 cm³/mol. The maximum Gasteiger partial charge on any atom is 0.118 e. The Morgan fingerprint density at radius 2 is 1.50 bits per heavy atom. The van der Waals surface area contributed by atoms with Crippen LogP contribution < -0.4 is 4.74 Å². The number of phenols is 1. The third kappa shape index (κ3) is 2.66. The zero-order chi connectivity index (χ0) is 13.0. The van der Waals surface area contributed by atoms with Crippen LogP contribution in [0.5, 0.6) is 11.5 Å². The Morgan fingerprint density at radius 3 is 1.94 bits per heavy atom. The first-order valence-corrected chi connectivity index (χ1v) is 5.92. The molecule has 0 heterocycles. The molecule has 3 heteroatoms. The first-order chi connectivity index (χ1) is 8.74. The molecule has 0 aliphatic heterocycles. The van der Waals surface area contributed by atoms with Crippen molar-refractivity contribution in [3.05, 3.63) is 65.2 Å². The average molecular weight is 261 g/mol. The van der Waals surface area contributed by atoms with Gasteiger partial charge in [0.15, 0.2) is 0 Å². The highest BCUT2D eigenvalue weighted by Gasteiger charge is 2.05. The Bertz CT molecular complexity index is 542. The summed E-state index contributed by atoms with van der Waals surface area (Å²) in [6.07, 6.45) is 0. The number of ether oxygens (including phenoxy) is 1. The van der Waals surface area contributed by atoms with Crippen LogP contribution >= 0.6 is 11.6 Å². The van der Waals surface area contributed by atoms with E-state index < -0.39 is 0 Å². The molecule has 0 unspecified atom stereocenters. The fourth-order valence-electron chi connectivity index (χ4n) is 1.70. The van der Waals surface area contributed by atoms with Gasteiger partial charge in [0.25, 0.3) is 0 Å². The molecule has 2 rings (SSSR count). The minimum Gasteiger partial charge on any atom is -0.508 e. The number of phenolic OH excluding ortho intramolecular Hbond substituents is 1. The fraction of sp³-hybridized carbons (Fsp3) is 0.0667. The van der Waals surface area contributed by atoms with E-state index in [1.165, 1.54) is 5.54 Å². The van der Waals surface area contributed by atoms with Crippen LogP contribution in [0.2, 0.25) is 0 Å². The summed E-state index contributed by atoms with van der Waals surface area (Å²) in [4.78, 5) is 0. The van der Waals surface area contributed by atoms with Gasteiger partial charge in [-0.3, -0.25) is 0 Å². The van der Waals surface area contributed by atoms with E-state index in [1.54, 1.807) is 19.2 Å². The van der Waals surface area contributed by atoms with E-state index in [4.69, 9.17) is 16.3 Å². The van der Waals surface area contributed by atoms with Gasteiger partial charge < -0.3 is 9.84 Å². The Morgan fingerprint density at radius 1 is 1.00 bits per heavy atom. The van der Waals surface area contributed by atoms with Gasteiger partial charge in [-0.15, -0.1) is 0 Å². The van der Waals surface area contributed by atoms with Crippen molar-refractivity contribution in [2.75, 3.05) is 7.11 Å². The molecule has 0 aliphatic rings. The molecule has 0 radical (unpaired) electrons. The molecule has 0 spiro atoms. The molecule has 0 aromatic heterocycles. The normalized spacial score (nSPS) is 11.3. The number of methoxy groups -OCH3 is 1. The van der Waals surface area contributed by atoms with Gasteiger partial charge in [-0.25, -0.2) is 0 Å². The number of hydrogen-bond donors (Lipinski definition) is 1. The summed E-state index contributed by atoms with van der Waals surface area (Å²) in [5, 5.41) is 9.28. The van der Waals surface area contributed by atoms with E-state index in [2.05, 4.69) is 0 Å². The standard InChI is InChI=1S/C15H13ClO2/c1-18-14-8-4-12(5-9-14)15(10-16)11-2-6-13(17)7-3-11/h2-10,17H,1H3/b15-10-. The molecule has 0 atom stereocenters. The summed E-state index contributed by atoms with van der Waals surface area (Å²) in [7, 11) is 1.63. The lowest BCUT2D eigenvalue weighted by Crippen LogP contribution is -1.88. The van der Waals surface area contributed by atoms with Crippen LogP contribution in [0.25, 0.3) is 5.57 Å². The molecule has 0 bridgehead atoms. The second-order valence-electron chi connectivity index (χ2n) is 3.80. The highest BCUT2D eigenvalue weighted by atomic mass is 35.5. The molecule has 92 valence electrons. The molecule has 0 saturated carbocycles. The first-order valence-electron chi connectivity index (χ1n) is 5.49. The maximum absolute atomic E-state index is 9.28. The zero-order valence-electron chi connectivity index (χ0n) is 9.93. The third-order valence-electron chi connectivity index (χ3n) is 2.69. The largest absolute Gasteiger partial charge is 0.508 e. The average Bonchev–Trinajstić information content (AvgIpc) is 2.42. The molecule has 2 nitrogen and oxygen atoms in total. The topological polar surface area (TPSA) is 29.5 Å². The Kier molecular flexibility index (Phi) is 3.90. The lowest BCUT2D eigenvalue weighted by Gasteiger charge is -2.08. The van der Waals surface area contributed by atoms with Crippen LogP contribution in [0.4, 0.5) is 0 Å². The maximum atomic E-state index is 9.28. The van der Waals surface area contributed by atoms with Gasteiger partial charge in [0.05, 0.1) is 7.11 Å². The van der Waals surface area contributed by atoms with E-state index >= 15 is 0 Å². The van der Waals surface area contributed by atoms with Gasteiger partial charge in [0.1, 0.15) is 11.5 Å². The summed E-state index contributed by atoms with van der Waals surface area (Å²) in [6.45, 7) is 0. The SMILES string of the molecule is COc1ccc(/C(=C\Cl)c2ccc(O)cc2)cc1. The minimum absolute atomic E-state index is 0.238. The smallest absolute Gasteiger partial charge is 0.118 e. The first kappa shape index (κ1) is 12.5. The van der Waals surface area contributed by atoms with Crippen LogP contribution in [-0.4, -0.2) is 12.2 Å². The number of halogens is 1. The third-order valence-corrected chi connectivity index (χ3v) is 2.91. The van der Waals surface area contributed by atoms with E-state index in [0.29, 0.717) is 0 Å². The highest BCUT2D eigenvalue weighted by molar-refractivity contribution is 6.29. The van der Waals surface area contributed by atoms with Gasteiger partial charge in [0.2, 0.25) is 0 Å². The summed E-state index contributed by atoms with van der Waals surface area (Å²) in [5.41, 5.74) is 4.39. The van der Waals surface area contributed by atoms with Crippen LogP contribution in [0.3, 0.4) is 0 Å². The van der Waals surface area contributed by atoms with Crippen molar-refractivity contribution in [3.8, 4) is 11.5 Å². The molecule has 1 N–H and O–H groups in total. The van der Waals surface area contributed by atoms with Gasteiger partial charge in [0, 0.05) is 11.1 Å². The molecule has 0 fully saturated rings. The lowest BCUT2D eigenvalue weighted by molar-refractivity contribution is 0.415. The molecule has 0 amide bonds. The molecule has 2 aromatic carbocycles. The van der Waals surface area contributed by atoms with Crippen molar-refractivity contribution in [1.29, 1.82) is 0 Å². The van der Waals surface area contributed by atoms with Crippen molar-refractivity contribution in [1.82, 2.24) is 0 Å². The summed E-state index contributed by atoms with van der Waals surface area (Å²) < 4.78 is 5.12. The minimum atomic E-state index is 0.238. The van der Waals surface area contributed by atoms with Crippen LogP contribution in [0.1, 0.15) is 11.1 Å². The molecule has 0 saturated heterocycles. The Hall–Kier alpha value is -1.93. The lowest BCUT2D eigenvalue weighted by atomic mass is 9.99. The van der Waals surface area contributed by atoms with E-state index in [0.717, 1.165) is 22.4 Å². The van der Waals surface area contributed by atoms with Crippen LogP contribution in [0, 0.1) is 0 Å². The van der Waals surface area contributed by atoms with E-state index in [1.807, 2.05) is 36.4 Å². The Balaban J connectivity index is 2.36. The molecule has 2 aromatic rings. The number of hydrogen-bond acceptors (Lipinski definition) is 2. The van der Waals surface area contributed by atoms with Crippen molar-refractivity contribution < 1.29 is 9.84 Å². The van der Waals surface area contributed by atoms with Crippen molar-refractivity contribution in [2.45, 2.75) is 0 Å². The summed E-state index contributed by atoms with van der Waals surface area (Å²) in [6, 6.07) is 14.6. The predicted octanol–water partition coefficient (Wildman–Crippen LogP) is 4.03. The molecular formula is C15H13ClO2. The van der Waals surface area contributed by atoms with Gasteiger partial charge >= 0.3 is 0 Å². The molecule has 18 heavy (non-hydrogen) atoms. The summed E-state index contributed by atoms with van der Waals surface area (Å²) in [5.74, 6) is 1.04. The highest BCUT2D eigenvalue weighted by Crippen LogP contribution is 2.27. The van der Waals surface area contributed by atoms with E-state index in [9.17, 15) is 5.11 Å². The molecular weight excluding hydrogens is 248 g/mol. The van der Waals surface area contributed by atoms with Gasteiger partial charge in [-0.05, 0) is 35.4 Å². The van der Waals surface area contributed by atoms with Crippen molar-refractivity contribution in [3.63, 3.8) is 0 Å². The fourth-order valence-corrected chi connectivity index (χ4v) is 1.96. The second kappa shape index (κ2) is 5.61. The van der Waals surface area contributed by atoms with Gasteiger partial charge in [-0.2, -0.15) is 0 Å². The number of rotatable bonds is 3. The zero-order valence-corrected chi connectivity index (χ0v) is 10.7. The summed E-state index contributed by atoms with van der Waals surface area (Å²) >= 11 is 5.89. The Labute approximate surface area is 111 Å². The second-order valence-corrected chi connectivity index (χ2v) is 4.02. The number of aromatic hydroxyl groups is 1. The van der Waals surface area contributed by atoms with Gasteiger partial charge in [-0.1, -0.05) is 35.9 Å². The quantitative estimate of drug-likeness (QED) is 0.903. The van der Waals surface area contributed by atoms with E-state index in [-0.39, 0.29) is 5.75 Å². The van der Waals surface area contributed by atoms with Crippen molar-refractivity contribution in [2.24, 2.45) is 0 Å². The monoisotopic (exact) mass is 260 g/mol. The molecule has 0 aliphatic carbocycles. The van der Waals surface area contributed by atoms with Crippen molar-refractivity contribution >= 4 is 17.2 Å². The van der Waals surface area contributed by atoms with Crippen LogP contribution in [-0.2, 0) is 0 Å². The number of benzene rings is 2. The van der Waals surface area contributed by atoms with Crippen LogP contribution in [0.15, 0.2) is 54.1 Å².